The summed E-state index contributed by atoms with van der Waals surface area (Å²) in [6.45, 7) is 0.262. The summed E-state index contributed by atoms with van der Waals surface area (Å²) >= 11 is 5.71. The minimum Gasteiger partial charge on any atom is -0.465 e. The number of anilines is 1. The van der Waals surface area contributed by atoms with Crippen LogP contribution in [0.4, 0.5) is 14.9 Å². The molecule has 0 atom stereocenters. The zero-order chi connectivity index (χ0) is 16.8. The van der Waals surface area contributed by atoms with E-state index in [2.05, 4.69) is 20.4 Å². The summed E-state index contributed by atoms with van der Waals surface area (Å²) in [6, 6.07) is 5.37. The molecule has 2 rings (SSSR count). The van der Waals surface area contributed by atoms with Crippen LogP contribution in [0.25, 0.3) is 0 Å². The Morgan fingerprint density at radius 1 is 1.39 bits per heavy atom. The molecule has 0 saturated carbocycles. The Kier molecular flexibility index (Phi) is 5.48. The third-order valence-corrected chi connectivity index (χ3v) is 3.14. The number of hydrogen-bond acceptors (Lipinski definition) is 4. The monoisotopic (exact) mass is 337 g/mol. The number of carbonyl (C=O) groups excluding carboxylic acids is 2. The molecule has 2 amide bonds. The van der Waals surface area contributed by atoms with Crippen molar-refractivity contribution in [2.24, 2.45) is 0 Å². The minimum atomic E-state index is -0.903. The Bertz CT molecular complexity index is 725. The van der Waals surface area contributed by atoms with Crippen LogP contribution in [-0.2, 0) is 11.3 Å². The fourth-order valence-electron chi connectivity index (χ4n) is 1.78. The van der Waals surface area contributed by atoms with Gasteiger partial charge in [0, 0.05) is 24.6 Å². The van der Waals surface area contributed by atoms with E-state index in [-0.39, 0.29) is 22.8 Å². The van der Waals surface area contributed by atoms with E-state index in [1.54, 1.807) is 24.5 Å². The molecule has 2 N–H and O–H groups in total. The van der Waals surface area contributed by atoms with Crippen LogP contribution in [0.15, 0.2) is 36.7 Å². The van der Waals surface area contributed by atoms with E-state index in [0.29, 0.717) is 0 Å². The molecule has 0 bridgehead atoms. The van der Waals surface area contributed by atoms with Gasteiger partial charge in [0.05, 0.1) is 17.7 Å². The Morgan fingerprint density at radius 2 is 2.17 bits per heavy atom. The lowest BCUT2D eigenvalue weighted by atomic mass is 10.2. The van der Waals surface area contributed by atoms with Gasteiger partial charge in [0.1, 0.15) is 0 Å². The van der Waals surface area contributed by atoms with Gasteiger partial charge in [-0.15, -0.1) is 0 Å². The number of urea groups is 1. The average molecular weight is 338 g/mol. The first-order chi connectivity index (χ1) is 11.0. The topological polar surface area (TPSA) is 80.3 Å². The van der Waals surface area contributed by atoms with Crippen LogP contribution in [0.1, 0.15) is 15.9 Å². The minimum absolute atomic E-state index is 0.167. The number of ether oxygens (including phenoxy) is 1. The average Bonchev–Trinajstić information content (AvgIpc) is 2.56. The zero-order valence-corrected chi connectivity index (χ0v) is 12.9. The van der Waals surface area contributed by atoms with E-state index in [4.69, 9.17) is 11.6 Å². The van der Waals surface area contributed by atoms with E-state index in [0.717, 1.165) is 18.7 Å². The molecular weight excluding hydrogens is 325 g/mol. The molecule has 120 valence electrons. The number of amides is 2. The predicted molar refractivity (Wildman–Crippen MR) is 82.8 cm³/mol. The molecule has 0 unspecified atom stereocenters. The quantitative estimate of drug-likeness (QED) is 0.840. The van der Waals surface area contributed by atoms with Crippen molar-refractivity contribution in [2.45, 2.75) is 6.54 Å². The third-order valence-electron chi connectivity index (χ3n) is 2.87. The number of methoxy groups -OCH3 is 1. The predicted octanol–water partition coefficient (Wildman–Crippen LogP) is 2.98. The second kappa shape index (κ2) is 7.55. The molecule has 1 aromatic carbocycles. The largest absolute Gasteiger partial charge is 0.465 e. The zero-order valence-electron chi connectivity index (χ0n) is 12.1. The molecule has 2 aromatic rings. The van der Waals surface area contributed by atoms with Crippen LogP contribution in [0.2, 0.25) is 5.02 Å². The molecule has 0 saturated heterocycles. The fraction of sp³-hybridized carbons (Fsp3) is 0.133. The summed E-state index contributed by atoms with van der Waals surface area (Å²) in [6.07, 6.45) is 3.24. The van der Waals surface area contributed by atoms with Gasteiger partial charge in [-0.2, -0.15) is 0 Å². The molecule has 0 aliphatic heterocycles. The summed E-state index contributed by atoms with van der Waals surface area (Å²) < 4.78 is 18.2. The summed E-state index contributed by atoms with van der Waals surface area (Å²) in [5.41, 5.74) is 0.623. The lowest BCUT2D eigenvalue weighted by Gasteiger charge is -2.10. The number of carbonyl (C=O) groups is 2. The molecule has 0 fully saturated rings. The molecule has 8 heteroatoms. The highest BCUT2D eigenvalue weighted by molar-refractivity contribution is 6.31. The Balaban J connectivity index is 2.06. The van der Waals surface area contributed by atoms with Crippen molar-refractivity contribution in [1.29, 1.82) is 0 Å². The van der Waals surface area contributed by atoms with E-state index in [9.17, 15) is 14.0 Å². The van der Waals surface area contributed by atoms with Crippen LogP contribution < -0.4 is 10.6 Å². The molecule has 0 spiro atoms. The standard InChI is InChI=1S/C15H13ClFN3O3/c1-23-14(21)11-5-10(6-12(16)13(11)17)20-15(22)19-8-9-3-2-4-18-7-9/h2-7H,8H2,1H3,(H2,19,20,22). The maximum absolute atomic E-state index is 13.8. The molecule has 23 heavy (non-hydrogen) atoms. The van der Waals surface area contributed by atoms with Crippen molar-refractivity contribution in [3.63, 3.8) is 0 Å². The van der Waals surface area contributed by atoms with Crippen molar-refractivity contribution in [3.8, 4) is 0 Å². The molecular formula is C15H13ClFN3O3. The van der Waals surface area contributed by atoms with Crippen molar-refractivity contribution < 1.29 is 18.7 Å². The number of aromatic nitrogens is 1. The van der Waals surface area contributed by atoms with Crippen molar-refractivity contribution in [1.82, 2.24) is 10.3 Å². The first-order valence-corrected chi connectivity index (χ1v) is 6.90. The van der Waals surface area contributed by atoms with Gasteiger partial charge in [-0.05, 0) is 23.8 Å². The summed E-state index contributed by atoms with van der Waals surface area (Å²) in [4.78, 5) is 27.2. The first kappa shape index (κ1) is 16.7. The number of halogens is 2. The second-order valence-corrected chi connectivity index (χ2v) is 4.89. The fourth-order valence-corrected chi connectivity index (χ4v) is 2.00. The van der Waals surface area contributed by atoms with Gasteiger partial charge >= 0.3 is 12.0 Å². The number of benzene rings is 1. The summed E-state index contributed by atoms with van der Waals surface area (Å²) in [5.74, 6) is -1.79. The Labute approximate surface area is 136 Å². The van der Waals surface area contributed by atoms with Crippen LogP contribution in [-0.4, -0.2) is 24.1 Å². The maximum atomic E-state index is 13.8. The van der Waals surface area contributed by atoms with E-state index in [1.807, 2.05) is 0 Å². The molecule has 1 aromatic heterocycles. The normalized spacial score (nSPS) is 10.0. The van der Waals surface area contributed by atoms with Gasteiger partial charge in [0.25, 0.3) is 0 Å². The lowest BCUT2D eigenvalue weighted by molar-refractivity contribution is 0.0595. The van der Waals surface area contributed by atoms with Crippen molar-refractivity contribution >= 4 is 29.3 Å². The van der Waals surface area contributed by atoms with Crippen LogP contribution in [0.3, 0.4) is 0 Å². The molecule has 1 heterocycles. The summed E-state index contributed by atoms with van der Waals surface area (Å²) in [5, 5.41) is 4.78. The number of pyridine rings is 1. The van der Waals surface area contributed by atoms with E-state index < -0.39 is 17.8 Å². The van der Waals surface area contributed by atoms with Crippen LogP contribution in [0, 0.1) is 5.82 Å². The van der Waals surface area contributed by atoms with Gasteiger partial charge in [0.2, 0.25) is 0 Å². The van der Waals surface area contributed by atoms with Gasteiger partial charge in [0.15, 0.2) is 5.82 Å². The number of hydrogen-bond donors (Lipinski definition) is 2. The third kappa shape index (κ3) is 4.40. The van der Waals surface area contributed by atoms with E-state index in [1.165, 1.54) is 6.07 Å². The number of nitrogens with zero attached hydrogens (tertiary/aromatic N) is 1. The lowest BCUT2D eigenvalue weighted by Crippen LogP contribution is -2.28. The Morgan fingerprint density at radius 3 is 2.83 bits per heavy atom. The number of rotatable bonds is 4. The van der Waals surface area contributed by atoms with Gasteiger partial charge in [-0.1, -0.05) is 17.7 Å². The molecule has 6 nitrogen and oxygen atoms in total. The molecule has 0 radical (unpaired) electrons. The van der Waals surface area contributed by atoms with Gasteiger partial charge < -0.3 is 15.4 Å². The van der Waals surface area contributed by atoms with Crippen molar-refractivity contribution in [2.75, 3.05) is 12.4 Å². The highest BCUT2D eigenvalue weighted by Crippen LogP contribution is 2.24. The highest BCUT2D eigenvalue weighted by Gasteiger charge is 2.17. The molecule has 0 aliphatic rings. The Hall–Kier alpha value is -2.67. The van der Waals surface area contributed by atoms with Crippen molar-refractivity contribution in [3.05, 3.63) is 58.6 Å². The second-order valence-electron chi connectivity index (χ2n) is 4.48. The first-order valence-electron chi connectivity index (χ1n) is 6.52. The van der Waals surface area contributed by atoms with Crippen LogP contribution >= 0.6 is 11.6 Å². The van der Waals surface area contributed by atoms with E-state index >= 15 is 0 Å². The smallest absolute Gasteiger partial charge is 0.340 e. The SMILES string of the molecule is COC(=O)c1cc(NC(=O)NCc2cccnc2)cc(Cl)c1F. The highest BCUT2D eigenvalue weighted by atomic mass is 35.5. The number of nitrogens with one attached hydrogen (secondary N) is 2. The van der Waals surface area contributed by atoms with Crippen LogP contribution in [0.5, 0.6) is 0 Å². The number of esters is 1. The van der Waals surface area contributed by atoms with Gasteiger partial charge in [-0.3, -0.25) is 4.98 Å². The summed E-state index contributed by atoms with van der Waals surface area (Å²) in [7, 11) is 1.12. The molecule has 0 aliphatic carbocycles. The maximum Gasteiger partial charge on any atom is 0.340 e. The van der Waals surface area contributed by atoms with Gasteiger partial charge in [-0.25, -0.2) is 14.0 Å².